The summed E-state index contributed by atoms with van der Waals surface area (Å²) in [7, 11) is 0. The largest absolute Gasteiger partial charge is 0.506 e. The van der Waals surface area contributed by atoms with Gasteiger partial charge in [0.25, 0.3) is 0 Å². The van der Waals surface area contributed by atoms with Gasteiger partial charge in [0, 0.05) is 11.1 Å². The average molecular weight is 397 g/mol. The fourth-order valence-electron chi connectivity index (χ4n) is 3.28. The number of benzene rings is 1. The number of thiophene rings is 1. The van der Waals surface area contributed by atoms with Crippen LogP contribution in [-0.2, 0) is 11.2 Å². The molecule has 0 amide bonds. The van der Waals surface area contributed by atoms with E-state index in [1.165, 1.54) is 11.3 Å². The first-order valence-electron chi connectivity index (χ1n) is 9.25. The number of ketones is 1. The summed E-state index contributed by atoms with van der Waals surface area (Å²) < 4.78 is 5.22. The van der Waals surface area contributed by atoms with E-state index in [2.05, 4.69) is 18.8 Å². The van der Waals surface area contributed by atoms with E-state index in [1.807, 2.05) is 5.38 Å². The number of aliphatic imine (C=N–C) groups is 1. The molecule has 28 heavy (non-hydrogen) atoms. The van der Waals surface area contributed by atoms with Gasteiger partial charge in [-0.2, -0.15) is 0 Å². The molecule has 1 N–H and O–H groups in total. The van der Waals surface area contributed by atoms with Gasteiger partial charge in [0.15, 0.2) is 5.78 Å². The molecule has 1 aromatic heterocycles. The van der Waals surface area contributed by atoms with E-state index in [0.29, 0.717) is 33.3 Å². The van der Waals surface area contributed by atoms with Gasteiger partial charge in [0.05, 0.1) is 23.5 Å². The summed E-state index contributed by atoms with van der Waals surface area (Å²) in [5.41, 5.74) is 2.86. The monoisotopic (exact) mass is 397 g/mol. The van der Waals surface area contributed by atoms with Crippen molar-refractivity contribution in [2.24, 2.45) is 10.9 Å². The van der Waals surface area contributed by atoms with Gasteiger partial charge < -0.3 is 9.84 Å². The molecule has 0 radical (unpaired) electrons. The van der Waals surface area contributed by atoms with Crippen LogP contribution in [0.2, 0.25) is 0 Å². The molecule has 0 fully saturated rings. The zero-order valence-corrected chi connectivity index (χ0v) is 17.2. The molecular weight excluding hydrogens is 374 g/mol. The number of ether oxygens (including phenoxy) is 1. The van der Waals surface area contributed by atoms with E-state index in [1.54, 1.807) is 38.1 Å². The lowest BCUT2D eigenvalue weighted by Crippen LogP contribution is -2.09. The molecule has 0 unspecified atom stereocenters. The summed E-state index contributed by atoms with van der Waals surface area (Å²) in [5, 5.41) is 12.9. The van der Waals surface area contributed by atoms with Crippen molar-refractivity contribution in [2.75, 3.05) is 6.61 Å². The van der Waals surface area contributed by atoms with Crippen molar-refractivity contribution in [3.8, 4) is 0 Å². The predicted octanol–water partition coefficient (Wildman–Crippen LogP) is 5.38. The van der Waals surface area contributed by atoms with E-state index in [-0.39, 0.29) is 23.7 Å². The van der Waals surface area contributed by atoms with Crippen molar-refractivity contribution in [1.29, 1.82) is 0 Å². The molecule has 1 aromatic carbocycles. The van der Waals surface area contributed by atoms with Crippen molar-refractivity contribution in [3.63, 3.8) is 0 Å². The summed E-state index contributed by atoms with van der Waals surface area (Å²) in [6.07, 6.45) is 0.734. The van der Waals surface area contributed by atoms with Gasteiger partial charge in [-0.25, -0.2) is 9.79 Å². The summed E-state index contributed by atoms with van der Waals surface area (Å²) in [4.78, 5) is 29.8. The van der Waals surface area contributed by atoms with E-state index in [0.717, 1.165) is 12.0 Å². The van der Waals surface area contributed by atoms with Crippen LogP contribution in [0, 0.1) is 5.92 Å². The van der Waals surface area contributed by atoms with E-state index in [4.69, 9.17) is 4.74 Å². The van der Waals surface area contributed by atoms with Crippen molar-refractivity contribution >= 4 is 39.6 Å². The smallest absolute Gasteiger partial charge is 0.341 e. The van der Waals surface area contributed by atoms with E-state index in [9.17, 15) is 14.7 Å². The van der Waals surface area contributed by atoms with Crippen LogP contribution < -0.4 is 0 Å². The number of nitrogens with zero attached hydrogens (tertiary/aromatic N) is 1. The van der Waals surface area contributed by atoms with Crippen LogP contribution in [0.15, 0.2) is 40.2 Å². The zero-order valence-electron chi connectivity index (χ0n) is 16.4. The summed E-state index contributed by atoms with van der Waals surface area (Å²) >= 11 is 1.34. The fraction of sp³-hybridized carbons (Fsp3) is 0.318. The maximum absolute atomic E-state index is 12.7. The Bertz CT molecular complexity index is 998. The Morgan fingerprint density at radius 2 is 1.93 bits per heavy atom. The second-order valence-corrected chi connectivity index (χ2v) is 7.91. The van der Waals surface area contributed by atoms with Crippen LogP contribution in [0.1, 0.15) is 59.5 Å². The standard InChI is InChI=1S/C22H23NO4S/c1-5-27-22(26)18-14(10-12(2)3)11-28-21(18)23-13(4)17-19(24)15-8-6-7-9-16(15)20(17)25/h6-9,11-12,24H,5,10H2,1-4H3. The summed E-state index contributed by atoms with van der Waals surface area (Å²) in [6.45, 7) is 7.87. The Morgan fingerprint density at radius 1 is 1.25 bits per heavy atom. The topological polar surface area (TPSA) is 76.0 Å². The molecule has 0 aliphatic heterocycles. The van der Waals surface area contributed by atoms with Gasteiger partial charge in [-0.1, -0.05) is 38.1 Å². The zero-order chi connectivity index (χ0) is 20.4. The number of esters is 1. The molecule has 1 heterocycles. The number of hydrogen-bond acceptors (Lipinski definition) is 6. The Labute approximate surface area is 168 Å². The number of allylic oxidation sites excluding steroid dienone is 1. The molecule has 0 atom stereocenters. The van der Waals surface area contributed by atoms with E-state index >= 15 is 0 Å². The van der Waals surface area contributed by atoms with Gasteiger partial charge in [-0.05, 0) is 37.1 Å². The summed E-state index contributed by atoms with van der Waals surface area (Å²) in [5.74, 6) is -0.368. The molecule has 0 saturated heterocycles. The second-order valence-electron chi connectivity index (χ2n) is 7.06. The SMILES string of the molecule is CCOC(=O)c1c(CC(C)C)csc1N=C(C)C1=C(O)c2ccccc2C1=O. The third-order valence-corrected chi connectivity index (χ3v) is 5.40. The number of carbonyl (C=O) groups is 2. The minimum Gasteiger partial charge on any atom is -0.506 e. The third kappa shape index (κ3) is 3.64. The lowest BCUT2D eigenvalue weighted by atomic mass is 10.0. The molecule has 0 bridgehead atoms. The highest BCUT2D eigenvalue weighted by Gasteiger charge is 2.31. The molecular formula is C22H23NO4S. The molecule has 1 aliphatic rings. The van der Waals surface area contributed by atoms with E-state index < -0.39 is 5.97 Å². The highest BCUT2D eigenvalue weighted by molar-refractivity contribution is 7.14. The number of fused-ring (bicyclic) bond motifs is 1. The van der Waals surface area contributed by atoms with Gasteiger partial charge in [0.1, 0.15) is 10.8 Å². The Morgan fingerprint density at radius 3 is 2.54 bits per heavy atom. The maximum atomic E-state index is 12.7. The van der Waals surface area contributed by atoms with Crippen LogP contribution in [0.25, 0.3) is 5.76 Å². The molecule has 3 rings (SSSR count). The number of aliphatic hydroxyl groups is 1. The fourth-order valence-corrected chi connectivity index (χ4v) is 4.27. The number of rotatable bonds is 6. The van der Waals surface area contributed by atoms with Crippen LogP contribution in [0.5, 0.6) is 0 Å². The molecule has 6 heteroatoms. The highest BCUT2D eigenvalue weighted by Crippen LogP contribution is 2.36. The number of carbonyl (C=O) groups excluding carboxylic acids is 2. The molecule has 0 spiro atoms. The normalized spacial score (nSPS) is 14.0. The average Bonchev–Trinajstić information content (AvgIpc) is 3.14. The lowest BCUT2D eigenvalue weighted by Gasteiger charge is -2.08. The maximum Gasteiger partial charge on any atom is 0.341 e. The number of aliphatic hydroxyl groups excluding tert-OH is 1. The van der Waals surface area contributed by atoms with Crippen LogP contribution in [0.3, 0.4) is 0 Å². The summed E-state index contributed by atoms with van der Waals surface area (Å²) in [6, 6.07) is 6.92. The Kier molecular flexibility index (Phi) is 5.79. The van der Waals surface area contributed by atoms with Crippen molar-refractivity contribution in [2.45, 2.75) is 34.1 Å². The highest BCUT2D eigenvalue weighted by atomic mass is 32.1. The van der Waals surface area contributed by atoms with Gasteiger partial charge >= 0.3 is 5.97 Å². The minimum absolute atomic E-state index is 0.0708. The molecule has 5 nitrogen and oxygen atoms in total. The van der Waals surface area contributed by atoms with Crippen LogP contribution in [-0.4, -0.2) is 29.2 Å². The molecule has 2 aromatic rings. The predicted molar refractivity (Wildman–Crippen MR) is 112 cm³/mol. The first-order chi connectivity index (χ1) is 13.3. The van der Waals surface area contributed by atoms with Gasteiger partial charge in [-0.15, -0.1) is 11.3 Å². The first kappa shape index (κ1) is 20.0. The molecule has 146 valence electrons. The Balaban J connectivity index is 2.04. The quantitative estimate of drug-likeness (QED) is 0.524. The van der Waals surface area contributed by atoms with Crippen molar-refractivity contribution in [3.05, 3.63) is 57.5 Å². The van der Waals surface area contributed by atoms with Crippen LogP contribution >= 0.6 is 11.3 Å². The molecule has 1 aliphatic carbocycles. The number of Topliss-reactive ketones (excluding diaryl/α,β-unsaturated/α-hetero) is 1. The lowest BCUT2D eigenvalue weighted by molar-refractivity contribution is 0.0526. The Hall–Kier alpha value is -2.73. The number of hydrogen-bond donors (Lipinski definition) is 1. The molecule has 0 saturated carbocycles. The van der Waals surface area contributed by atoms with Crippen molar-refractivity contribution in [1.82, 2.24) is 0 Å². The van der Waals surface area contributed by atoms with Crippen LogP contribution in [0.4, 0.5) is 5.00 Å². The third-order valence-electron chi connectivity index (χ3n) is 4.48. The first-order valence-corrected chi connectivity index (χ1v) is 10.1. The second kappa shape index (κ2) is 8.10. The van der Waals surface area contributed by atoms with Crippen molar-refractivity contribution < 1.29 is 19.4 Å². The van der Waals surface area contributed by atoms with Gasteiger partial charge in [0.2, 0.25) is 0 Å². The minimum atomic E-state index is -0.412. The van der Waals surface area contributed by atoms with Gasteiger partial charge in [-0.3, -0.25) is 4.79 Å².